The summed E-state index contributed by atoms with van der Waals surface area (Å²) in [6.45, 7) is 0.398. The maximum absolute atomic E-state index is 10.4. The van der Waals surface area contributed by atoms with E-state index in [1.807, 2.05) is 47.8 Å². The lowest BCUT2D eigenvalue weighted by atomic mass is 10.2. The van der Waals surface area contributed by atoms with Crippen LogP contribution in [0.5, 0.6) is 23.0 Å². The molecule has 126 valence electrons. The van der Waals surface area contributed by atoms with Crippen LogP contribution in [0.4, 0.5) is 0 Å². The van der Waals surface area contributed by atoms with Gasteiger partial charge in [-0.15, -0.1) is 11.3 Å². The molecule has 4 N–H and O–H groups in total. The third-order valence-corrected chi connectivity index (χ3v) is 4.88. The largest absolute Gasteiger partial charge is 0.503 e. The minimum absolute atomic E-state index is 0.0307. The van der Waals surface area contributed by atoms with E-state index in [-0.39, 0.29) is 11.0 Å². The summed E-state index contributed by atoms with van der Waals surface area (Å²) < 4.78 is 1.71. The van der Waals surface area contributed by atoms with E-state index >= 15 is 0 Å². The first-order valence-electron chi connectivity index (χ1n) is 7.51. The number of phenolic OH excluding ortho intramolecular Hbond substituents is 4. The van der Waals surface area contributed by atoms with Crippen molar-refractivity contribution in [2.24, 2.45) is 0 Å². The third kappa shape index (κ3) is 2.36. The summed E-state index contributed by atoms with van der Waals surface area (Å²) >= 11 is 1.55. The third-order valence-electron chi connectivity index (χ3n) is 4.02. The zero-order valence-electron chi connectivity index (χ0n) is 12.9. The van der Waals surface area contributed by atoms with Gasteiger partial charge in [-0.1, -0.05) is 36.4 Å². The molecule has 0 aliphatic carbocycles. The van der Waals surface area contributed by atoms with Crippen LogP contribution in [0.1, 0.15) is 4.88 Å². The van der Waals surface area contributed by atoms with Crippen molar-refractivity contribution in [3.63, 3.8) is 0 Å². The van der Waals surface area contributed by atoms with Gasteiger partial charge in [0.25, 0.3) is 0 Å². The number of aromatic hydroxyl groups is 4. The van der Waals surface area contributed by atoms with Gasteiger partial charge in [-0.3, -0.25) is 0 Å². The van der Waals surface area contributed by atoms with Crippen molar-refractivity contribution in [1.29, 1.82) is 0 Å². The average molecular weight is 354 g/mol. The number of rotatable bonds is 3. The summed E-state index contributed by atoms with van der Waals surface area (Å²) in [6.07, 6.45) is 0. The van der Waals surface area contributed by atoms with Crippen molar-refractivity contribution >= 4 is 22.4 Å². The van der Waals surface area contributed by atoms with Gasteiger partial charge in [0.15, 0.2) is 11.5 Å². The van der Waals surface area contributed by atoms with E-state index in [1.165, 1.54) is 0 Å². The SMILES string of the molecule is Oc1c(O)c(O)c2c(nc(-c3ccccc3)n2Cc2cccs2)c1O. The highest BCUT2D eigenvalue weighted by Gasteiger charge is 2.25. The van der Waals surface area contributed by atoms with E-state index < -0.39 is 23.0 Å². The maximum atomic E-state index is 10.4. The molecular weight excluding hydrogens is 340 g/mol. The van der Waals surface area contributed by atoms with Crippen LogP contribution >= 0.6 is 11.3 Å². The number of thiophene rings is 1. The molecule has 2 aromatic carbocycles. The van der Waals surface area contributed by atoms with Crippen molar-refractivity contribution in [3.05, 3.63) is 52.7 Å². The van der Waals surface area contributed by atoms with Gasteiger partial charge in [-0.25, -0.2) is 4.98 Å². The summed E-state index contributed by atoms with van der Waals surface area (Å²) in [4.78, 5) is 5.43. The molecule has 4 aromatic rings. The molecule has 0 unspecified atom stereocenters. The molecule has 0 atom stereocenters. The van der Waals surface area contributed by atoms with E-state index in [0.29, 0.717) is 12.4 Å². The molecule has 0 fully saturated rings. The second-order valence-electron chi connectivity index (χ2n) is 5.56. The highest BCUT2D eigenvalue weighted by molar-refractivity contribution is 7.09. The first-order valence-corrected chi connectivity index (χ1v) is 8.39. The van der Waals surface area contributed by atoms with Crippen molar-refractivity contribution in [3.8, 4) is 34.4 Å². The summed E-state index contributed by atoms with van der Waals surface area (Å²) in [7, 11) is 0. The lowest BCUT2D eigenvalue weighted by Crippen LogP contribution is -2.01. The second kappa shape index (κ2) is 5.71. The molecule has 0 aliphatic rings. The van der Waals surface area contributed by atoms with Crippen LogP contribution < -0.4 is 0 Å². The number of nitrogens with zero attached hydrogens (tertiary/aromatic N) is 2. The van der Waals surface area contributed by atoms with Gasteiger partial charge in [-0.2, -0.15) is 0 Å². The van der Waals surface area contributed by atoms with Crippen molar-refractivity contribution in [1.82, 2.24) is 9.55 Å². The number of imidazole rings is 1. The summed E-state index contributed by atoms with van der Waals surface area (Å²) in [5.41, 5.74) is 0.983. The molecule has 0 saturated heterocycles. The Hall–Kier alpha value is -3.19. The maximum Gasteiger partial charge on any atom is 0.206 e. The molecule has 6 nitrogen and oxygen atoms in total. The predicted molar refractivity (Wildman–Crippen MR) is 95.2 cm³/mol. The second-order valence-corrected chi connectivity index (χ2v) is 6.59. The molecule has 0 amide bonds. The Morgan fingerprint density at radius 2 is 1.56 bits per heavy atom. The Balaban J connectivity index is 2.07. The fraction of sp³-hybridized carbons (Fsp3) is 0.0556. The lowest BCUT2D eigenvalue weighted by Gasteiger charge is -2.10. The minimum atomic E-state index is -0.787. The lowest BCUT2D eigenvalue weighted by molar-refractivity contribution is 0.350. The van der Waals surface area contributed by atoms with E-state index in [2.05, 4.69) is 4.98 Å². The van der Waals surface area contributed by atoms with Gasteiger partial charge < -0.3 is 25.0 Å². The molecule has 4 rings (SSSR count). The number of benzene rings is 2. The molecule has 25 heavy (non-hydrogen) atoms. The number of fused-ring (bicyclic) bond motifs is 1. The quantitative estimate of drug-likeness (QED) is 0.333. The Labute approximate surface area is 146 Å². The van der Waals surface area contributed by atoms with Crippen LogP contribution in [0.2, 0.25) is 0 Å². The highest BCUT2D eigenvalue weighted by Crippen LogP contribution is 2.49. The standard InChI is InChI=1S/C18H14N2O4S/c21-14-12-13(15(22)17(24)16(14)23)20(9-11-7-4-8-25-11)18(19-12)10-5-2-1-3-6-10/h1-8,21-24H,9H2. The molecule has 0 radical (unpaired) electrons. The van der Waals surface area contributed by atoms with E-state index in [1.54, 1.807) is 15.9 Å². The van der Waals surface area contributed by atoms with E-state index in [0.717, 1.165) is 10.4 Å². The number of phenols is 4. The normalized spacial score (nSPS) is 11.2. The average Bonchev–Trinajstić information content (AvgIpc) is 3.27. The molecule has 0 aliphatic heterocycles. The monoisotopic (exact) mass is 354 g/mol. The van der Waals surface area contributed by atoms with Gasteiger partial charge >= 0.3 is 0 Å². The van der Waals surface area contributed by atoms with Crippen molar-refractivity contribution < 1.29 is 20.4 Å². The Morgan fingerprint density at radius 1 is 0.840 bits per heavy atom. The van der Waals surface area contributed by atoms with Gasteiger partial charge in [-0.05, 0) is 11.4 Å². The van der Waals surface area contributed by atoms with Gasteiger partial charge in [0, 0.05) is 10.4 Å². The molecule has 2 heterocycles. The fourth-order valence-corrected chi connectivity index (χ4v) is 3.52. The molecule has 0 bridgehead atoms. The zero-order valence-corrected chi connectivity index (χ0v) is 13.7. The number of hydrogen-bond donors (Lipinski definition) is 4. The van der Waals surface area contributed by atoms with Crippen LogP contribution in [0.3, 0.4) is 0 Å². The van der Waals surface area contributed by atoms with Crippen LogP contribution in [0.25, 0.3) is 22.4 Å². The van der Waals surface area contributed by atoms with E-state index in [9.17, 15) is 20.4 Å². The molecular formula is C18H14N2O4S. The Kier molecular flexibility index (Phi) is 3.51. The Bertz CT molecular complexity index is 1060. The van der Waals surface area contributed by atoms with Crippen LogP contribution in [0.15, 0.2) is 47.8 Å². The fourth-order valence-electron chi connectivity index (χ4n) is 2.83. The minimum Gasteiger partial charge on any atom is -0.503 e. The van der Waals surface area contributed by atoms with Gasteiger partial charge in [0.05, 0.1) is 6.54 Å². The first kappa shape index (κ1) is 15.3. The molecule has 0 saturated carbocycles. The highest BCUT2D eigenvalue weighted by atomic mass is 32.1. The topological polar surface area (TPSA) is 98.7 Å². The molecule has 7 heteroatoms. The summed E-state index contributed by atoms with van der Waals surface area (Å²) in [5.74, 6) is -2.12. The number of hydrogen-bond acceptors (Lipinski definition) is 6. The zero-order chi connectivity index (χ0) is 17.6. The Morgan fingerprint density at radius 3 is 2.24 bits per heavy atom. The smallest absolute Gasteiger partial charge is 0.206 e. The van der Waals surface area contributed by atoms with Crippen LogP contribution in [0, 0.1) is 0 Å². The first-order chi connectivity index (χ1) is 12.1. The van der Waals surface area contributed by atoms with Crippen molar-refractivity contribution in [2.45, 2.75) is 6.54 Å². The molecule has 0 spiro atoms. The van der Waals surface area contributed by atoms with E-state index in [4.69, 9.17) is 0 Å². The predicted octanol–water partition coefficient (Wildman–Crippen LogP) is 3.64. The van der Waals surface area contributed by atoms with Crippen LogP contribution in [-0.4, -0.2) is 30.0 Å². The molecule has 2 aromatic heterocycles. The van der Waals surface area contributed by atoms with Crippen LogP contribution in [-0.2, 0) is 6.54 Å². The van der Waals surface area contributed by atoms with Crippen molar-refractivity contribution in [2.75, 3.05) is 0 Å². The summed E-state index contributed by atoms with van der Waals surface area (Å²) in [5, 5.41) is 42.2. The summed E-state index contributed by atoms with van der Waals surface area (Å²) in [6, 6.07) is 13.2. The van der Waals surface area contributed by atoms with Gasteiger partial charge in [0.2, 0.25) is 11.5 Å². The van der Waals surface area contributed by atoms with Gasteiger partial charge in [0.1, 0.15) is 16.9 Å². The number of aromatic nitrogens is 2.